The molecule has 0 unspecified atom stereocenters. The summed E-state index contributed by atoms with van der Waals surface area (Å²) < 4.78 is 39.7. The van der Waals surface area contributed by atoms with Gasteiger partial charge in [0.15, 0.2) is 0 Å². The van der Waals surface area contributed by atoms with E-state index in [0.29, 0.717) is 38.8 Å². The number of hydrogen-bond donors (Lipinski definition) is 0. The molecule has 416 valence electrons. The Hall–Kier alpha value is -3.95. The SMILES string of the molecule is CCCCCCCCC(=O)OCC(COC(=O)CCCCCCCC)CC(=O)OC[C@H]1C[C@H](OC(=O)CC(COC(=O)CCCCCCCC)COC(=O)CCCCCCCC)CN1C(=O)OC1CN(C)C1. The average Bonchev–Trinajstić information content (AvgIpc) is 3.76. The van der Waals surface area contributed by atoms with Crippen LogP contribution >= 0.6 is 0 Å². The van der Waals surface area contributed by atoms with Gasteiger partial charge in [0, 0.05) is 57.0 Å². The average molecular weight is 1020 g/mol. The summed E-state index contributed by atoms with van der Waals surface area (Å²) in [6, 6.07) is -0.692. The number of esters is 6. The summed E-state index contributed by atoms with van der Waals surface area (Å²) in [5.74, 6) is -4.03. The monoisotopic (exact) mass is 1020 g/mol. The number of nitrogens with zero attached hydrogens (tertiary/aromatic N) is 2. The molecule has 2 heterocycles. The van der Waals surface area contributed by atoms with Crippen LogP contribution in [0, 0.1) is 11.8 Å². The van der Waals surface area contributed by atoms with Crippen LogP contribution in [0.2, 0.25) is 0 Å². The molecular weight excluding hydrogens is 925 g/mol. The molecular formula is C56H98N2O14. The van der Waals surface area contributed by atoms with E-state index < -0.39 is 42.0 Å². The molecule has 2 aliphatic heterocycles. The minimum Gasteiger partial charge on any atom is -0.465 e. The quantitative estimate of drug-likeness (QED) is 0.0318. The second kappa shape index (κ2) is 41.4. The Kier molecular flexibility index (Phi) is 36.9. The fraction of sp³-hybridized carbons (Fsp3) is 0.875. The van der Waals surface area contributed by atoms with Crippen molar-refractivity contribution in [3.63, 3.8) is 0 Å². The van der Waals surface area contributed by atoms with Gasteiger partial charge in [0.25, 0.3) is 0 Å². The van der Waals surface area contributed by atoms with E-state index in [2.05, 4.69) is 27.7 Å². The van der Waals surface area contributed by atoms with Crippen molar-refractivity contribution >= 4 is 41.9 Å². The van der Waals surface area contributed by atoms with Gasteiger partial charge in [-0.1, -0.05) is 156 Å². The third-order valence-corrected chi connectivity index (χ3v) is 13.4. The molecule has 0 bridgehead atoms. The molecule has 1 amide bonds. The van der Waals surface area contributed by atoms with Crippen LogP contribution in [0.5, 0.6) is 0 Å². The van der Waals surface area contributed by atoms with Crippen LogP contribution in [0.3, 0.4) is 0 Å². The Labute approximate surface area is 433 Å². The van der Waals surface area contributed by atoms with Gasteiger partial charge >= 0.3 is 41.9 Å². The van der Waals surface area contributed by atoms with E-state index in [4.69, 9.17) is 33.2 Å². The third kappa shape index (κ3) is 32.3. The Bertz CT molecular complexity index is 1440. The highest BCUT2D eigenvalue weighted by Crippen LogP contribution is 2.25. The van der Waals surface area contributed by atoms with Gasteiger partial charge in [-0.15, -0.1) is 0 Å². The molecule has 16 nitrogen and oxygen atoms in total. The first-order chi connectivity index (χ1) is 34.9. The van der Waals surface area contributed by atoms with Gasteiger partial charge in [-0.25, -0.2) is 4.79 Å². The molecule has 0 aliphatic carbocycles. The van der Waals surface area contributed by atoms with E-state index in [9.17, 15) is 33.6 Å². The van der Waals surface area contributed by atoms with E-state index in [1.54, 1.807) is 0 Å². The van der Waals surface area contributed by atoms with Crippen LogP contribution in [0.1, 0.15) is 227 Å². The van der Waals surface area contributed by atoms with Crippen molar-refractivity contribution in [2.45, 2.75) is 245 Å². The highest BCUT2D eigenvalue weighted by atomic mass is 16.6. The van der Waals surface area contributed by atoms with E-state index >= 15 is 0 Å². The topological polar surface area (TPSA) is 191 Å². The van der Waals surface area contributed by atoms with E-state index in [1.165, 1.54) is 4.90 Å². The number of carbonyl (C=O) groups is 7. The van der Waals surface area contributed by atoms with Gasteiger partial charge in [0.05, 0.1) is 51.9 Å². The summed E-state index contributed by atoms with van der Waals surface area (Å²) in [4.78, 5) is 94.8. The largest absolute Gasteiger partial charge is 0.465 e. The maximum absolute atomic E-state index is 13.6. The number of likely N-dealkylation sites (N-methyl/N-ethyl adjacent to an activating group) is 1. The van der Waals surface area contributed by atoms with Gasteiger partial charge in [0.2, 0.25) is 0 Å². The summed E-state index contributed by atoms with van der Waals surface area (Å²) in [5.41, 5.74) is 0. The number of unbranched alkanes of at least 4 members (excludes halogenated alkanes) is 20. The smallest absolute Gasteiger partial charge is 0.410 e. The zero-order valence-electron chi connectivity index (χ0n) is 45.6. The molecule has 72 heavy (non-hydrogen) atoms. The molecule has 0 aromatic carbocycles. The minimum atomic E-state index is -0.770. The number of carbonyl (C=O) groups excluding carboxylic acids is 7. The van der Waals surface area contributed by atoms with E-state index in [1.807, 2.05) is 11.9 Å². The van der Waals surface area contributed by atoms with E-state index in [0.717, 1.165) is 128 Å². The lowest BCUT2D eigenvalue weighted by Crippen LogP contribution is -2.52. The fourth-order valence-corrected chi connectivity index (χ4v) is 8.88. The third-order valence-electron chi connectivity index (χ3n) is 13.4. The Morgan fingerprint density at radius 3 is 1.11 bits per heavy atom. The van der Waals surface area contributed by atoms with Crippen molar-refractivity contribution in [3.05, 3.63) is 0 Å². The predicted molar refractivity (Wildman–Crippen MR) is 276 cm³/mol. The molecule has 2 rings (SSSR count). The van der Waals surface area contributed by atoms with Crippen LogP contribution in [-0.4, -0.2) is 130 Å². The van der Waals surface area contributed by atoms with Crippen molar-refractivity contribution in [1.82, 2.24) is 9.80 Å². The maximum Gasteiger partial charge on any atom is 0.410 e. The zero-order valence-corrected chi connectivity index (χ0v) is 45.6. The van der Waals surface area contributed by atoms with Crippen molar-refractivity contribution in [1.29, 1.82) is 0 Å². The molecule has 0 radical (unpaired) electrons. The maximum atomic E-state index is 13.6. The molecule has 0 aromatic rings. The fourth-order valence-electron chi connectivity index (χ4n) is 8.88. The molecule has 2 fully saturated rings. The first-order valence-corrected chi connectivity index (χ1v) is 28.5. The Balaban J connectivity index is 2.07. The van der Waals surface area contributed by atoms with Gasteiger partial charge in [-0.3, -0.25) is 38.6 Å². The number of hydrogen-bond acceptors (Lipinski definition) is 15. The molecule has 0 aromatic heterocycles. The van der Waals surface area contributed by atoms with Crippen LogP contribution in [0.4, 0.5) is 4.79 Å². The molecule has 2 atom stereocenters. The molecule has 0 spiro atoms. The summed E-state index contributed by atoms with van der Waals surface area (Å²) in [6.07, 6.45) is 23.6. The highest BCUT2D eigenvalue weighted by molar-refractivity contribution is 5.73. The first kappa shape index (κ1) is 64.2. The zero-order chi connectivity index (χ0) is 52.6. The predicted octanol–water partition coefficient (Wildman–Crippen LogP) is 11.2. The number of ether oxygens (including phenoxy) is 7. The van der Waals surface area contributed by atoms with Crippen LogP contribution < -0.4 is 0 Å². The lowest BCUT2D eigenvalue weighted by molar-refractivity contribution is -0.157. The summed E-state index contributed by atoms with van der Waals surface area (Å²) in [5, 5.41) is 0. The van der Waals surface area contributed by atoms with Crippen molar-refractivity contribution < 1.29 is 66.7 Å². The molecule has 16 heteroatoms. The molecule has 2 aliphatic rings. The second-order valence-corrected chi connectivity index (χ2v) is 20.5. The van der Waals surface area contributed by atoms with E-state index in [-0.39, 0.29) is 115 Å². The minimum absolute atomic E-state index is 0.00770. The second-order valence-electron chi connectivity index (χ2n) is 20.5. The first-order valence-electron chi connectivity index (χ1n) is 28.5. The lowest BCUT2D eigenvalue weighted by atomic mass is 10.1. The standard InChI is InChI=1S/C56H98N2O14/c1-6-10-14-18-22-26-30-50(59)66-40-45(41-67-51(60)31-27-23-19-15-11-7-2)34-54(63)70-44-47-36-48(39-58(47)56(65)72-49-37-57(5)38-49)71-55(64)35-46(42-68-52(61)32-28-24-20-16-12-8-3)43-69-53(62)33-29-25-21-17-13-9-4/h45-49H,6-44H2,1-5H3/t47-,48+/m1/s1. The molecule has 2 saturated heterocycles. The Morgan fingerprint density at radius 2 is 0.750 bits per heavy atom. The summed E-state index contributed by atoms with van der Waals surface area (Å²) >= 11 is 0. The normalized spacial score (nSPS) is 15.8. The summed E-state index contributed by atoms with van der Waals surface area (Å²) in [6.45, 7) is 9.03. The van der Waals surface area contributed by atoms with Gasteiger partial charge in [-0.05, 0) is 32.7 Å². The van der Waals surface area contributed by atoms with Crippen LogP contribution in [0.25, 0.3) is 0 Å². The summed E-state index contributed by atoms with van der Waals surface area (Å²) in [7, 11) is 1.92. The van der Waals surface area contributed by atoms with Gasteiger partial charge < -0.3 is 33.2 Å². The van der Waals surface area contributed by atoms with Gasteiger partial charge in [0.1, 0.15) is 18.8 Å². The number of likely N-dealkylation sites (tertiary alicyclic amines) is 2. The van der Waals surface area contributed by atoms with Crippen molar-refractivity contribution in [3.8, 4) is 0 Å². The highest BCUT2D eigenvalue weighted by Gasteiger charge is 2.41. The lowest BCUT2D eigenvalue weighted by Gasteiger charge is -2.36. The number of amides is 1. The van der Waals surface area contributed by atoms with Gasteiger partial charge in [-0.2, -0.15) is 0 Å². The van der Waals surface area contributed by atoms with Crippen LogP contribution in [-0.2, 0) is 61.9 Å². The Morgan fingerprint density at radius 1 is 0.403 bits per heavy atom. The molecule has 0 saturated carbocycles. The van der Waals surface area contributed by atoms with Crippen LogP contribution in [0.15, 0.2) is 0 Å². The molecule has 0 N–H and O–H groups in total. The van der Waals surface area contributed by atoms with Crippen molar-refractivity contribution in [2.75, 3.05) is 59.7 Å². The van der Waals surface area contributed by atoms with Crippen molar-refractivity contribution in [2.24, 2.45) is 11.8 Å². The number of rotatable bonds is 44.